The van der Waals surface area contributed by atoms with Gasteiger partial charge in [0.1, 0.15) is 18.2 Å². The van der Waals surface area contributed by atoms with Gasteiger partial charge in [-0.25, -0.2) is 9.98 Å². The van der Waals surface area contributed by atoms with E-state index in [1.807, 2.05) is 37.3 Å². The Labute approximate surface area is 171 Å². The minimum absolute atomic E-state index is 0.00966. The first-order valence-corrected chi connectivity index (χ1v) is 9.84. The van der Waals surface area contributed by atoms with Crippen molar-refractivity contribution in [3.8, 4) is 17.1 Å². The summed E-state index contributed by atoms with van der Waals surface area (Å²) in [7, 11) is 0. The Morgan fingerprint density at radius 2 is 2.03 bits per heavy atom. The summed E-state index contributed by atoms with van der Waals surface area (Å²) in [6.45, 7) is 8.15. The molecule has 7 heteroatoms. The number of aromatic nitrogens is 3. The number of nitrogens with zero attached hydrogens (tertiary/aromatic N) is 3. The second-order valence-corrected chi connectivity index (χ2v) is 6.86. The van der Waals surface area contributed by atoms with Gasteiger partial charge in [-0.15, -0.1) is 0 Å². The zero-order valence-corrected chi connectivity index (χ0v) is 17.1. The van der Waals surface area contributed by atoms with Crippen LogP contribution in [-0.4, -0.2) is 40.3 Å². The van der Waals surface area contributed by atoms with Crippen LogP contribution in [0.3, 0.4) is 0 Å². The lowest BCUT2D eigenvalue weighted by molar-refractivity contribution is 0.223. The van der Waals surface area contributed by atoms with Crippen LogP contribution >= 0.6 is 0 Å². The first-order valence-electron chi connectivity index (χ1n) is 9.84. The van der Waals surface area contributed by atoms with E-state index in [0.29, 0.717) is 13.1 Å². The van der Waals surface area contributed by atoms with Crippen LogP contribution in [-0.2, 0) is 6.54 Å². The Hall–Kier alpha value is -3.35. The van der Waals surface area contributed by atoms with E-state index < -0.39 is 0 Å². The number of nitrogens with one attached hydrogen (secondary N) is 3. The van der Waals surface area contributed by atoms with Crippen molar-refractivity contribution in [2.75, 3.05) is 13.1 Å². The van der Waals surface area contributed by atoms with Crippen molar-refractivity contribution in [3.63, 3.8) is 0 Å². The van der Waals surface area contributed by atoms with Crippen LogP contribution in [0.5, 0.6) is 5.75 Å². The third-order valence-corrected chi connectivity index (χ3v) is 4.26. The zero-order valence-electron chi connectivity index (χ0n) is 17.1. The minimum atomic E-state index is 0.00966. The van der Waals surface area contributed by atoms with Crippen LogP contribution in [0, 0.1) is 6.92 Å². The molecule has 0 radical (unpaired) electrons. The van der Waals surface area contributed by atoms with Crippen molar-refractivity contribution in [2.24, 2.45) is 4.99 Å². The van der Waals surface area contributed by atoms with Crippen LogP contribution in [0.4, 0.5) is 0 Å². The van der Waals surface area contributed by atoms with Crippen molar-refractivity contribution in [1.82, 2.24) is 25.8 Å². The molecule has 29 heavy (non-hydrogen) atoms. The lowest BCUT2D eigenvalue weighted by Crippen LogP contribution is -2.41. The summed E-state index contributed by atoms with van der Waals surface area (Å²) in [5.74, 6) is 2.39. The van der Waals surface area contributed by atoms with E-state index in [9.17, 15) is 0 Å². The van der Waals surface area contributed by atoms with Gasteiger partial charge < -0.3 is 15.4 Å². The van der Waals surface area contributed by atoms with Gasteiger partial charge in [0, 0.05) is 12.1 Å². The molecule has 0 saturated carbocycles. The van der Waals surface area contributed by atoms with Gasteiger partial charge in [-0.05, 0) is 50.1 Å². The fourth-order valence-electron chi connectivity index (χ4n) is 2.88. The molecule has 3 aromatic rings. The first-order chi connectivity index (χ1) is 14.1. The van der Waals surface area contributed by atoms with E-state index in [-0.39, 0.29) is 6.10 Å². The molecule has 3 rings (SSSR count). The Kier molecular flexibility index (Phi) is 7.22. The van der Waals surface area contributed by atoms with Crippen molar-refractivity contribution < 1.29 is 4.74 Å². The van der Waals surface area contributed by atoms with Crippen LogP contribution < -0.4 is 15.4 Å². The quantitative estimate of drug-likeness (QED) is 0.404. The van der Waals surface area contributed by atoms with E-state index in [1.165, 1.54) is 11.9 Å². The summed E-state index contributed by atoms with van der Waals surface area (Å²) in [4.78, 5) is 8.89. The molecule has 1 aromatic heterocycles. The van der Waals surface area contributed by atoms with Gasteiger partial charge in [0.15, 0.2) is 11.8 Å². The first kappa shape index (κ1) is 20.4. The fourth-order valence-corrected chi connectivity index (χ4v) is 2.88. The van der Waals surface area contributed by atoms with Gasteiger partial charge in [0.2, 0.25) is 0 Å². The van der Waals surface area contributed by atoms with Crippen LogP contribution in [0.15, 0.2) is 59.9 Å². The second kappa shape index (κ2) is 10.3. The third-order valence-electron chi connectivity index (χ3n) is 4.26. The Morgan fingerprint density at radius 1 is 1.17 bits per heavy atom. The summed E-state index contributed by atoms with van der Waals surface area (Å²) >= 11 is 0. The molecule has 152 valence electrons. The Bertz CT molecular complexity index is 923. The molecule has 0 aliphatic heterocycles. The lowest BCUT2D eigenvalue weighted by Gasteiger charge is -2.18. The maximum Gasteiger partial charge on any atom is 0.191 e. The number of rotatable bonds is 8. The number of benzene rings is 2. The maximum absolute atomic E-state index is 5.98. The van der Waals surface area contributed by atoms with E-state index in [4.69, 9.17) is 9.73 Å². The van der Waals surface area contributed by atoms with E-state index in [1.54, 1.807) is 0 Å². The molecule has 1 unspecified atom stereocenters. The number of aryl methyl sites for hydroxylation is 1. The van der Waals surface area contributed by atoms with E-state index in [2.05, 4.69) is 57.9 Å². The largest absolute Gasteiger partial charge is 0.489 e. The van der Waals surface area contributed by atoms with Gasteiger partial charge in [-0.2, -0.15) is 5.10 Å². The molecule has 0 aliphatic carbocycles. The second-order valence-electron chi connectivity index (χ2n) is 6.86. The average Bonchev–Trinajstić information content (AvgIpc) is 3.25. The highest BCUT2D eigenvalue weighted by molar-refractivity contribution is 5.79. The molecule has 0 spiro atoms. The topological polar surface area (TPSA) is 87.2 Å². The summed E-state index contributed by atoms with van der Waals surface area (Å²) in [5, 5.41) is 13.4. The van der Waals surface area contributed by atoms with Crippen LogP contribution in [0.1, 0.15) is 25.0 Å². The highest BCUT2D eigenvalue weighted by Gasteiger charge is 2.07. The fraction of sp³-hybridized carbons (Fsp3) is 0.318. The molecular formula is C22H28N6O. The lowest BCUT2D eigenvalue weighted by atomic mass is 10.1. The molecule has 0 bridgehead atoms. The summed E-state index contributed by atoms with van der Waals surface area (Å²) in [6, 6.07) is 16.2. The number of hydrogen-bond acceptors (Lipinski definition) is 4. The molecule has 0 amide bonds. The molecule has 0 aliphatic rings. The predicted octanol–water partition coefficient (Wildman–Crippen LogP) is 3.30. The monoisotopic (exact) mass is 392 g/mol. The molecule has 3 N–H and O–H groups in total. The van der Waals surface area contributed by atoms with Crippen molar-refractivity contribution in [1.29, 1.82) is 0 Å². The van der Waals surface area contributed by atoms with E-state index >= 15 is 0 Å². The SMILES string of the molecule is CCNC(=NCc1cccc(-c2ncn[nH]2)c1)NCC(C)Oc1cccc(C)c1. The molecule has 7 nitrogen and oxygen atoms in total. The Morgan fingerprint density at radius 3 is 2.79 bits per heavy atom. The molecular weight excluding hydrogens is 364 g/mol. The van der Waals surface area contributed by atoms with E-state index in [0.717, 1.165) is 35.2 Å². The molecule has 1 heterocycles. The molecule has 0 fully saturated rings. The van der Waals surface area contributed by atoms with Crippen molar-refractivity contribution in [3.05, 3.63) is 66.0 Å². The maximum atomic E-state index is 5.98. The standard InChI is InChI=1S/C22H28N6O/c1-4-23-22(24-13-17(3)29-20-10-5-7-16(2)11-20)25-14-18-8-6-9-19(12-18)21-26-15-27-28-21/h5-12,15,17H,4,13-14H2,1-3H3,(H2,23,24,25)(H,26,27,28). The number of H-pyrrole nitrogens is 1. The van der Waals surface area contributed by atoms with Gasteiger partial charge in [-0.3, -0.25) is 5.10 Å². The van der Waals surface area contributed by atoms with Gasteiger partial charge in [-0.1, -0.05) is 30.3 Å². The minimum Gasteiger partial charge on any atom is -0.489 e. The smallest absolute Gasteiger partial charge is 0.191 e. The summed E-state index contributed by atoms with van der Waals surface area (Å²) in [5.41, 5.74) is 3.28. The number of hydrogen-bond donors (Lipinski definition) is 3. The Balaban J connectivity index is 1.57. The molecule has 1 atom stereocenters. The highest BCUT2D eigenvalue weighted by atomic mass is 16.5. The summed E-state index contributed by atoms with van der Waals surface area (Å²) < 4.78 is 5.98. The number of aliphatic imine (C=N–C) groups is 1. The summed E-state index contributed by atoms with van der Waals surface area (Å²) in [6.07, 6.45) is 1.52. The normalized spacial score (nSPS) is 12.4. The number of ether oxygens (including phenoxy) is 1. The van der Waals surface area contributed by atoms with Gasteiger partial charge in [0.05, 0.1) is 13.1 Å². The molecule has 2 aromatic carbocycles. The number of aromatic amines is 1. The predicted molar refractivity (Wildman–Crippen MR) is 116 cm³/mol. The highest BCUT2D eigenvalue weighted by Crippen LogP contribution is 2.16. The average molecular weight is 393 g/mol. The number of guanidine groups is 1. The molecule has 0 saturated heterocycles. The van der Waals surface area contributed by atoms with Crippen molar-refractivity contribution >= 4 is 5.96 Å². The third kappa shape index (κ3) is 6.34. The van der Waals surface area contributed by atoms with Gasteiger partial charge in [0.25, 0.3) is 0 Å². The zero-order chi connectivity index (χ0) is 20.5. The van der Waals surface area contributed by atoms with Crippen molar-refractivity contribution in [2.45, 2.75) is 33.4 Å². The van der Waals surface area contributed by atoms with Crippen LogP contribution in [0.2, 0.25) is 0 Å². The van der Waals surface area contributed by atoms with Crippen LogP contribution in [0.25, 0.3) is 11.4 Å². The van der Waals surface area contributed by atoms with Gasteiger partial charge >= 0.3 is 0 Å².